The van der Waals surface area contributed by atoms with E-state index in [1.807, 2.05) is 42.0 Å². The molecule has 1 aliphatic rings. The second kappa shape index (κ2) is 4.26. The van der Waals surface area contributed by atoms with Crippen LogP contribution in [0.15, 0.2) is 22.7 Å². The summed E-state index contributed by atoms with van der Waals surface area (Å²) in [5, 5.41) is 0. The van der Waals surface area contributed by atoms with Crippen LogP contribution in [0.4, 0.5) is 10.5 Å². The molecule has 1 aromatic carbocycles. The number of urea groups is 1. The van der Waals surface area contributed by atoms with Gasteiger partial charge in [0.15, 0.2) is 0 Å². The number of hydrogen-bond donors (Lipinski definition) is 0. The molecule has 0 radical (unpaired) electrons. The van der Waals surface area contributed by atoms with E-state index in [0.717, 1.165) is 15.7 Å². The molecule has 0 spiro atoms. The van der Waals surface area contributed by atoms with Gasteiger partial charge in [0, 0.05) is 17.2 Å². The highest BCUT2D eigenvalue weighted by Gasteiger charge is 2.47. The number of aryl methyl sites for hydroxylation is 1. The number of rotatable bonds is 1. The Labute approximate surface area is 117 Å². The summed E-state index contributed by atoms with van der Waals surface area (Å²) < 4.78 is 1.07. The van der Waals surface area contributed by atoms with Crippen molar-refractivity contribution in [3.05, 3.63) is 28.2 Å². The molecule has 1 aromatic rings. The normalized spacial score (nSPS) is 22.8. The summed E-state index contributed by atoms with van der Waals surface area (Å²) in [4.78, 5) is 16.1. The number of amides is 2. The molecule has 1 aliphatic heterocycles. The van der Waals surface area contributed by atoms with Gasteiger partial charge in [0.05, 0.1) is 11.6 Å². The zero-order chi connectivity index (χ0) is 13.7. The quantitative estimate of drug-likeness (QED) is 0.774. The fourth-order valence-corrected chi connectivity index (χ4v) is 2.53. The highest BCUT2D eigenvalue weighted by Crippen LogP contribution is 2.35. The Morgan fingerprint density at radius 1 is 1.33 bits per heavy atom. The summed E-state index contributed by atoms with van der Waals surface area (Å²) in [7, 11) is 1.87. The molecule has 1 fully saturated rings. The second-order valence-electron chi connectivity index (χ2n) is 5.47. The Morgan fingerprint density at radius 2 is 1.94 bits per heavy atom. The van der Waals surface area contributed by atoms with E-state index in [1.54, 1.807) is 0 Å². The first-order valence-corrected chi connectivity index (χ1v) is 6.89. The second-order valence-corrected chi connectivity index (χ2v) is 6.33. The van der Waals surface area contributed by atoms with Crippen LogP contribution in [0.25, 0.3) is 0 Å². The van der Waals surface area contributed by atoms with Crippen molar-refractivity contribution in [2.24, 2.45) is 0 Å². The van der Waals surface area contributed by atoms with E-state index < -0.39 is 0 Å². The molecule has 2 amide bonds. The molecule has 3 nitrogen and oxygen atoms in total. The lowest BCUT2D eigenvalue weighted by Crippen LogP contribution is -2.43. The van der Waals surface area contributed by atoms with E-state index >= 15 is 0 Å². The fraction of sp³-hybridized carbons (Fsp3) is 0.500. The van der Waals surface area contributed by atoms with Gasteiger partial charge < -0.3 is 4.90 Å². The van der Waals surface area contributed by atoms with Crippen LogP contribution >= 0.6 is 15.9 Å². The van der Waals surface area contributed by atoms with Crippen LogP contribution < -0.4 is 4.90 Å². The summed E-state index contributed by atoms with van der Waals surface area (Å²) in [6.45, 7) is 8.33. The highest BCUT2D eigenvalue weighted by atomic mass is 79.9. The van der Waals surface area contributed by atoms with Crippen LogP contribution in [0.3, 0.4) is 0 Å². The molecule has 0 aromatic heterocycles. The third-order valence-corrected chi connectivity index (χ3v) is 5.08. The number of halogens is 1. The maximum absolute atomic E-state index is 12.4. The van der Waals surface area contributed by atoms with Gasteiger partial charge in [-0.2, -0.15) is 0 Å². The maximum atomic E-state index is 12.4. The van der Waals surface area contributed by atoms with Gasteiger partial charge in [-0.3, -0.25) is 4.90 Å². The molecular formula is C14H19BrN2O. The summed E-state index contributed by atoms with van der Waals surface area (Å²) in [6.07, 6.45) is 0. The Bertz CT molecular complexity index is 499. The molecular weight excluding hydrogens is 292 g/mol. The molecule has 0 N–H and O–H groups in total. The molecule has 1 unspecified atom stereocenters. The van der Waals surface area contributed by atoms with Crippen molar-refractivity contribution >= 4 is 27.6 Å². The molecule has 1 heterocycles. The highest BCUT2D eigenvalue weighted by molar-refractivity contribution is 9.10. The van der Waals surface area contributed by atoms with Gasteiger partial charge in [-0.25, -0.2) is 4.79 Å². The van der Waals surface area contributed by atoms with Gasteiger partial charge in [-0.05, 0) is 51.5 Å². The SMILES string of the molecule is Cc1cc(N2C(=O)N(C)C(C)(C)C2C)ccc1Br. The smallest absolute Gasteiger partial charge is 0.320 e. The van der Waals surface area contributed by atoms with E-state index in [2.05, 4.69) is 36.7 Å². The number of carbonyl (C=O) groups excluding carboxylic acids is 1. The molecule has 18 heavy (non-hydrogen) atoms. The summed E-state index contributed by atoms with van der Waals surface area (Å²) in [5.41, 5.74) is 1.95. The van der Waals surface area contributed by atoms with Crippen molar-refractivity contribution in [1.29, 1.82) is 0 Å². The lowest BCUT2D eigenvalue weighted by molar-refractivity contribution is 0.189. The first-order valence-electron chi connectivity index (χ1n) is 6.10. The van der Waals surface area contributed by atoms with E-state index in [1.165, 1.54) is 0 Å². The van der Waals surface area contributed by atoms with Crippen LogP contribution in [-0.2, 0) is 0 Å². The van der Waals surface area contributed by atoms with Crippen molar-refractivity contribution in [1.82, 2.24) is 4.90 Å². The van der Waals surface area contributed by atoms with Crippen LogP contribution in [-0.4, -0.2) is 29.6 Å². The van der Waals surface area contributed by atoms with Gasteiger partial charge >= 0.3 is 6.03 Å². The standard InChI is InChI=1S/C14H19BrN2O/c1-9-8-11(6-7-12(9)15)17-10(2)14(3,4)16(5)13(17)18/h6-8,10H,1-5H3. The molecule has 1 atom stereocenters. The third-order valence-electron chi connectivity index (χ3n) is 4.19. The van der Waals surface area contributed by atoms with Gasteiger partial charge in [-0.15, -0.1) is 0 Å². The Hall–Kier alpha value is -1.03. The van der Waals surface area contributed by atoms with Crippen molar-refractivity contribution in [2.75, 3.05) is 11.9 Å². The average Bonchev–Trinajstić information content (AvgIpc) is 2.45. The molecule has 0 saturated carbocycles. The molecule has 2 rings (SSSR count). The molecule has 4 heteroatoms. The Balaban J connectivity index is 2.45. The van der Waals surface area contributed by atoms with E-state index in [-0.39, 0.29) is 17.6 Å². The minimum Gasteiger partial charge on any atom is -0.320 e. The van der Waals surface area contributed by atoms with E-state index in [4.69, 9.17) is 0 Å². The molecule has 1 saturated heterocycles. The molecule has 98 valence electrons. The predicted molar refractivity (Wildman–Crippen MR) is 78.1 cm³/mol. The zero-order valence-corrected chi connectivity index (χ0v) is 13.1. The van der Waals surface area contributed by atoms with Crippen LogP contribution in [0, 0.1) is 6.92 Å². The topological polar surface area (TPSA) is 23.6 Å². The number of anilines is 1. The lowest BCUT2D eigenvalue weighted by atomic mass is 9.96. The summed E-state index contributed by atoms with van der Waals surface area (Å²) in [6, 6.07) is 6.24. The van der Waals surface area contributed by atoms with Crippen LogP contribution in [0.2, 0.25) is 0 Å². The van der Waals surface area contributed by atoms with Crippen LogP contribution in [0.1, 0.15) is 26.3 Å². The largest absolute Gasteiger partial charge is 0.325 e. The van der Waals surface area contributed by atoms with Crippen molar-refractivity contribution < 1.29 is 4.79 Å². The van der Waals surface area contributed by atoms with Crippen molar-refractivity contribution in [3.8, 4) is 0 Å². The monoisotopic (exact) mass is 310 g/mol. The van der Waals surface area contributed by atoms with Crippen molar-refractivity contribution in [3.63, 3.8) is 0 Å². The number of hydrogen-bond acceptors (Lipinski definition) is 1. The van der Waals surface area contributed by atoms with Gasteiger partial charge in [0.25, 0.3) is 0 Å². The third kappa shape index (κ3) is 1.83. The van der Waals surface area contributed by atoms with Gasteiger partial charge in [0.1, 0.15) is 0 Å². The minimum absolute atomic E-state index is 0.0641. The maximum Gasteiger partial charge on any atom is 0.325 e. The van der Waals surface area contributed by atoms with Gasteiger partial charge in [-0.1, -0.05) is 15.9 Å². The predicted octanol–water partition coefficient (Wildman–Crippen LogP) is 3.80. The van der Waals surface area contributed by atoms with E-state index in [0.29, 0.717) is 0 Å². The number of benzene rings is 1. The first kappa shape index (κ1) is 13.4. The average molecular weight is 311 g/mol. The van der Waals surface area contributed by atoms with Gasteiger partial charge in [0.2, 0.25) is 0 Å². The Kier molecular flexibility index (Phi) is 3.18. The molecule has 0 bridgehead atoms. The number of nitrogens with zero attached hydrogens (tertiary/aromatic N) is 2. The number of carbonyl (C=O) groups is 1. The molecule has 0 aliphatic carbocycles. The van der Waals surface area contributed by atoms with Crippen molar-refractivity contribution in [2.45, 2.75) is 39.3 Å². The summed E-state index contributed by atoms with van der Waals surface area (Å²) in [5.74, 6) is 0. The van der Waals surface area contributed by atoms with Crippen LogP contribution in [0.5, 0.6) is 0 Å². The Morgan fingerprint density at radius 3 is 2.39 bits per heavy atom. The fourth-order valence-electron chi connectivity index (χ4n) is 2.28. The van der Waals surface area contributed by atoms with E-state index in [9.17, 15) is 4.79 Å². The lowest BCUT2D eigenvalue weighted by Gasteiger charge is -2.30. The zero-order valence-electron chi connectivity index (χ0n) is 11.5. The minimum atomic E-state index is -0.155. The first-order chi connectivity index (χ1) is 8.26. The summed E-state index contributed by atoms with van der Waals surface area (Å²) >= 11 is 3.49. The number of likely N-dealkylation sites (N-methyl/N-ethyl adjacent to an activating group) is 1.